The minimum atomic E-state index is -4.04. The van der Waals surface area contributed by atoms with Gasteiger partial charge in [0.05, 0.1) is 4.75 Å². The summed E-state index contributed by atoms with van der Waals surface area (Å²) in [4.78, 5) is 55.5. The molecular weight excluding hydrogens is 596 g/mol. The second kappa shape index (κ2) is 12.8. The van der Waals surface area contributed by atoms with E-state index < -0.39 is 55.9 Å². The zero-order chi connectivity index (χ0) is 32.5. The minimum Gasteiger partial charge on any atom is -0.444 e. The van der Waals surface area contributed by atoms with Crippen LogP contribution in [0.3, 0.4) is 0 Å². The van der Waals surface area contributed by atoms with Crippen LogP contribution in [-0.2, 0) is 35.6 Å². The van der Waals surface area contributed by atoms with Crippen LogP contribution in [0.5, 0.6) is 0 Å². The number of amides is 4. The Bertz CT molecular complexity index is 1430. The summed E-state index contributed by atoms with van der Waals surface area (Å²) >= 11 is 0. The van der Waals surface area contributed by atoms with Crippen molar-refractivity contribution >= 4 is 33.8 Å². The second-order valence-electron chi connectivity index (χ2n) is 14.0. The molecule has 0 unspecified atom stereocenters. The predicted molar refractivity (Wildman–Crippen MR) is 168 cm³/mol. The summed E-state index contributed by atoms with van der Waals surface area (Å²) in [5.74, 6) is -1.97. The summed E-state index contributed by atoms with van der Waals surface area (Å²) in [7, 11) is -4.04. The average Bonchev–Trinajstić information content (AvgIpc) is 3.84. The van der Waals surface area contributed by atoms with Gasteiger partial charge in [0.2, 0.25) is 21.8 Å². The summed E-state index contributed by atoms with van der Waals surface area (Å²) in [5.41, 5.74) is -1.28. The first-order chi connectivity index (χ1) is 21.3. The Kier molecular flexibility index (Phi) is 9.35. The van der Waals surface area contributed by atoms with Gasteiger partial charge in [-0.15, -0.1) is 0 Å². The van der Waals surface area contributed by atoms with Crippen LogP contribution >= 0.6 is 0 Å². The van der Waals surface area contributed by atoms with Crippen molar-refractivity contribution in [3.05, 3.63) is 48.0 Å². The van der Waals surface area contributed by atoms with E-state index in [-0.39, 0.29) is 18.2 Å². The number of hydrogen-bond acceptors (Lipinski definition) is 7. The van der Waals surface area contributed by atoms with E-state index in [2.05, 4.69) is 15.4 Å². The van der Waals surface area contributed by atoms with Crippen molar-refractivity contribution < 1.29 is 32.3 Å². The molecule has 1 aromatic rings. The first-order valence-electron chi connectivity index (χ1n) is 16.1. The van der Waals surface area contributed by atoms with Crippen LogP contribution in [0.1, 0.15) is 90.5 Å². The first-order valence-corrected chi connectivity index (χ1v) is 17.6. The molecule has 4 aliphatic rings. The molecule has 11 nitrogen and oxygen atoms in total. The van der Waals surface area contributed by atoms with E-state index >= 15 is 0 Å². The average molecular weight is 643 g/mol. The molecule has 2 aliphatic heterocycles. The number of hydrogen-bond donors (Lipinski definition) is 3. The van der Waals surface area contributed by atoms with Crippen molar-refractivity contribution in [2.24, 2.45) is 5.92 Å². The molecule has 5 rings (SSSR count). The van der Waals surface area contributed by atoms with Crippen molar-refractivity contribution in [3.8, 4) is 0 Å². The SMILES string of the molecule is CC(C)(C)OC(=O)N[C@H]1CCCCCC=C[C@@H]2C[C@@]2(C(=O)NS(=O)(=O)C2(Cc3ccccc3)CC2)NC(=O)[C@@H]2CCCN2C1=O. The quantitative estimate of drug-likeness (QED) is 0.402. The van der Waals surface area contributed by atoms with E-state index in [1.807, 2.05) is 42.5 Å². The largest absolute Gasteiger partial charge is 0.444 e. The number of carbonyl (C=O) groups is 4. The number of nitrogens with one attached hydrogen (secondary N) is 3. The zero-order valence-electron chi connectivity index (χ0n) is 26.5. The van der Waals surface area contributed by atoms with Crippen molar-refractivity contribution in [2.75, 3.05) is 6.54 Å². The van der Waals surface area contributed by atoms with Crippen LogP contribution in [0.25, 0.3) is 0 Å². The van der Waals surface area contributed by atoms with E-state index in [1.165, 1.54) is 4.90 Å². The normalized spacial score (nSPS) is 28.4. The topological polar surface area (TPSA) is 151 Å². The molecule has 12 heteroatoms. The Morgan fingerprint density at radius 2 is 1.78 bits per heavy atom. The van der Waals surface area contributed by atoms with E-state index in [4.69, 9.17) is 4.74 Å². The maximum Gasteiger partial charge on any atom is 0.408 e. The van der Waals surface area contributed by atoms with Crippen molar-refractivity contribution in [1.29, 1.82) is 0 Å². The zero-order valence-corrected chi connectivity index (χ0v) is 27.3. The Morgan fingerprint density at radius 3 is 2.47 bits per heavy atom. The minimum absolute atomic E-state index is 0.270. The monoisotopic (exact) mass is 642 g/mol. The molecule has 1 aromatic carbocycles. The molecule has 1 saturated heterocycles. The first kappa shape index (κ1) is 33.0. The highest BCUT2D eigenvalue weighted by Gasteiger charge is 2.63. The highest BCUT2D eigenvalue weighted by atomic mass is 32.2. The molecule has 0 aromatic heterocycles. The highest BCUT2D eigenvalue weighted by Crippen LogP contribution is 2.48. The Morgan fingerprint density at radius 1 is 1.04 bits per heavy atom. The van der Waals surface area contributed by atoms with Crippen molar-refractivity contribution in [3.63, 3.8) is 0 Å². The number of allylic oxidation sites excluding steroid dienone is 1. The van der Waals surface area contributed by atoms with E-state index in [0.717, 1.165) is 24.8 Å². The smallest absolute Gasteiger partial charge is 0.408 e. The lowest BCUT2D eigenvalue weighted by Gasteiger charge is -2.30. The molecule has 0 bridgehead atoms. The van der Waals surface area contributed by atoms with Gasteiger partial charge >= 0.3 is 6.09 Å². The third-order valence-corrected chi connectivity index (χ3v) is 11.4. The van der Waals surface area contributed by atoms with Crippen LogP contribution in [0.2, 0.25) is 0 Å². The van der Waals surface area contributed by atoms with Gasteiger partial charge in [-0.1, -0.05) is 55.3 Å². The third kappa shape index (κ3) is 7.53. The molecule has 246 valence electrons. The van der Waals surface area contributed by atoms with Crippen LogP contribution in [0.4, 0.5) is 4.79 Å². The van der Waals surface area contributed by atoms with Gasteiger partial charge in [0.15, 0.2) is 0 Å². The fraction of sp³-hybridized carbons (Fsp3) is 0.636. The number of benzene rings is 1. The van der Waals surface area contributed by atoms with Gasteiger partial charge < -0.3 is 20.3 Å². The highest BCUT2D eigenvalue weighted by molar-refractivity contribution is 7.91. The Balaban J connectivity index is 1.34. The fourth-order valence-corrected chi connectivity index (χ4v) is 8.15. The molecule has 0 spiro atoms. The number of nitrogens with zero attached hydrogens (tertiary/aromatic N) is 1. The van der Waals surface area contributed by atoms with Crippen LogP contribution in [0, 0.1) is 5.92 Å². The molecule has 4 atom stereocenters. The molecule has 2 heterocycles. The van der Waals surface area contributed by atoms with Gasteiger partial charge in [-0.25, -0.2) is 13.2 Å². The number of fused-ring (bicyclic) bond motifs is 2. The van der Waals surface area contributed by atoms with E-state index in [9.17, 15) is 27.6 Å². The number of carbonyl (C=O) groups excluding carboxylic acids is 4. The number of ether oxygens (including phenoxy) is 1. The van der Waals surface area contributed by atoms with E-state index in [1.54, 1.807) is 20.8 Å². The van der Waals surface area contributed by atoms with E-state index in [0.29, 0.717) is 51.5 Å². The number of sulfonamides is 1. The predicted octanol–water partition coefficient (Wildman–Crippen LogP) is 3.49. The van der Waals surface area contributed by atoms with Gasteiger partial charge in [-0.05, 0) is 84.1 Å². The fourth-order valence-electron chi connectivity index (χ4n) is 6.51. The van der Waals surface area contributed by atoms with Crippen LogP contribution in [-0.4, -0.2) is 71.6 Å². The molecule has 3 fully saturated rings. The van der Waals surface area contributed by atoms with Gasteiger partial charge in [0.1, 0.15) is 23.2 Å². The lowest BCUT2D eigenvalue weighted by molar-refractivity contribution is -0.141. The molecule has 45 heavy (non-hydrogen) atoms. The molecular formula is C33H46N4O7S. The Hall–Kier alpha value is -3.41. The third-order valence-electron chi connectivity index (χ3n) is 9.30. The van der Waals surface area contributed by atoms with Gasteiger partial charge in [0.25, 0.3) is 5.91 Å². The summed E-state index contributed by atoms with van der Waals surface area (Å²) < 4.78 is 33.9. The Labute approximate surface area is 266 Å². The van der Waals surface area contributed by atoms with Crippen LogP contribution < -0.4 is 15.4 Å². The maximum absolute atomic E-state index is 13.8. The molecule has 2 aliphatic carbocycles. The second-order valence-corrected chi connectivity index (χ2v) is 16.1. The van der Waals surface area contributed by atoms with Crippen molar-refractivity contribution in [1.82, 2.24) is 20.3 Å². The molecule has 3 N–H and O–H groups in total. The molecule has 0 radical (unpaired) electrons. The summed E-state index contributed by atoms with van der Waals surface area (Å²) in [6, 6.07) is 7.63. The number of rotatable bonds is 6. The van der Waals surface area contributed by atoms with Gasteiger partial charge in [0, 0.05) is 12.5 Å². The van der Waals surface area contributed by atoms with Gasteiger partial charge in [-0.2, -0.15) is 0 Å². The number of alkyl carbamates (subject to hydrolysis) is 1. The van der Waals surface area contributed by atoms with Gasteiger partial charge in [-0.3, -0.25) is 19.1 Å². The summed E-state index contributed by atoms with van der Waals surface area (Å²) in [5, 5.41) is 5.61. The maximum atomic E-state index is 13.8. The summed E-state index contributed by atoms with van der Waals surface area (Å²) in [6.45, 7) is 5.57. The van der Waals surface area contributed by atoms with Crippen LogP contribution in [0.15, 0.2) is 42.5 Å². The summed E-state index contributed by atoms with van der Waals surface area (Å²) in [6.07, 6.45) is 9.12. The molecule has 4 amide bonds. The van der Waals surface area contributed by atoms with Crippen molar-refractivity contribution in [2.45, 2.75) is 119 Å². The lowest BCUT2D eigenvalue weighted by Crippen LogP contribution is -2.59. The molecule has 2 saturated carbocycles. The standard InChI is InChI=1S/C33H46N4O7S/c1-31(2,3)44-30(41)34-25-16-11-6-4-5-10-15-24-22-33(24,35-27(38)26-17-12-20-37(26)28(25)39)29(40)36-45(42,43)32(18-19-32)21-23-13-8-7-9-14-23/h7-10,13-15,24-26H,4-6,11-12,16-22H2,1-3H3,(H,34,41)(H,35,38)(H,36,40)/t24-,25+,26+,33-/m1/s1. The lowest BCUT2D eigenvalue weighted by atomic mass is 10.0.